The fourth-order valence-corrected chi connectivity index (χ4v) is 3.54. The van der Waals surface area contributed by atoms with Crippen LogP contribution in [0.15, 0.2) is 41.4 Å². The third-order valence-electron chi connectivity index (χ3n) is 4.82. The molecular formula is C20H23N5. The van der Waals surface area contributed by atoms with E-state index in [0.29, 0.717) is 12.5 Å². The molecule has 4 rings (SSSR count). The Morgan fingerprint density at radius 1 is 1.20 bits per heavy atom. The Kier molecular flexibility index (Phi) is 4.14. The maximum atomic E-state index is 6.11. The Morgan fingerprint density at radius 2 is 2.04 bits per heavy atom. The highest BCUT2D eigenvalue weighted by atomic mass is 15.1. The van der Waals surface area contributed by atoms with Gasteiger partial charge in [-0.25, -0.2) is 9.98 Å². The second-order valence-electron chi connectivity index (χ2n) is 6.63. The summed E-state index contributed by atoms with van der Waals surface area (Å²) in [4.78, 5) is 12.4. The van der Waals surface area contributed by atoms with Gasteiger partial charge in [0, 0.05) is 5.69 Å². The van der Waals surface area contributed by atoms with Gasteiger partial charge in [0.2, 0.25) is 0 Å². The van der Waals surface area contributed by atoms with Gasteiger partial charge in [-0.1, -0.05) is 24.3 Å². The number of nitrogens with one attached hydrogen (secondary N) is 2. The summed E-state index contributed by atoms with van der Waals surface area (Å²) in [6, 6.07) is 12.5. The molecule has 3 aromatic rings. The summed E-state index contributed by atoms with van der Waals surface area (Å²) in [5.74, 6) is 1.25. The van der Waals surface area contributed by atoms with Crippen LogP contribution in [0.3, 0.4) is 0 Å². The van der Waals surface area contributed by atoms with Crippen molar-refractivity contribution >= 4 is 22.7 Å². The molecule has 1 aliphatic rings. The number of rotatable bonds is 3. The Morgan fingerprint density at radius 3 is 2.92 bits per heavy atom. The van der Waals surface area contributed by atoms with Gasteiger partial charge < -0.3 is 16.0 Å². The van der Waals surface area contributed by atoms with Gasteiger partial charge in [-0.3, -0.25) is 0 Å². The lowest BCUT2D eigenvalue weighted by molar-refractivity contribution is 0.687. The summed E-state index contributed by atoms with van der Waals surface area (Å²) in [5.41, 5.74) is 13.2. The Labute approximate surface area is 147 Å². The molecule has 1 aliphatic carbocycles. The van der Waals surface area contributed by atoms with E-state index in [2.05, 4.69) is 51.5 Å². The number of nitrogens with zero attached hydrogens (tertiary/aromatic N) is 2. The first kappa shape index (κ1) is 15.7. The summed E-state index contributed by atoms with van der Waals surface area (Å²) in [5, 5.41) is 3.27. The molecule has 0 atom stereocenters. The third kappa shape index (κ3) is 3.22. The van der Waals surface area contributed by atoms with Crippen LogP contribution in [0.2, 0.25) is 0 Å². The molecule has 0 unspecified atom stereocenters. The van der Waals surface area contributed by atoms with Gasteiger partial charge in [0.25, 0.3) is 0 Å². The number of guanidine groups is 1. The molecule has 5 nitrogen and oxygen atoms in total. The van der Waals surface area contributed by atoms with Crippen LogP contribution in [0.1, 0.15) is 35.4 Å². The maximum Gasteiger partial charge on any atom is 0.193 e. The van der Waals surface area contributed by atoms with Gasteiger partial charge in [0.1, 0.15) is 12.4 Å². The minimum Gasteiger partial charge on any atom is -0.370 e. The lowest BCUT2D eigenvalue weighted by atomic mass is 9.90. The number of nitrogens with two attached hydrogens (primary N) is 1. The van der Waals surface area contributed by atoms with E-state index < -0.39 is 0 Å². The number of aliphatic imine (C=N–C) groups is 1. The van der Waals surface area contributed by atoms with E-state index >= 15 is 0 Å². The van der Waals surface area contributed by atoms with Crippen molar-refractivity contribution in [2.45, 2.75) is 39.2 Å². The van der Waals surface area contributed by atoms with Gasteiger partial charge in [-0.05, 0) is 61.4 Å². The van der Waals surface area contributed by atoms with Crippen molar-refractivity contribution in [3.8, 4) is 0 Å². The van der Waals surface area contributed by atoms with Crippen LogP contribution in [0.4, 0.5) is 5.69 Å². The van der Waals surface area contributed by atoms with Gasteiger partial charge in [-0.2, -0.15) is 0 Å². The number of hydrogen-bond donors (Lipinski definition) is 3. The molecular weight excluding hydrogens is 310 g/mol. The molecule has 0 amide bonds. The van der Waals surface area contributed by atoms with Gasteiger partial charge >= 0.3 is 0 Å². The number of imidazole rings is 1. The first-order valence-electron chi connectivity index (χ1n) is 8.82. The molecule has 1 heterocycles. The van der Waals surface area contributed by atoms with Crippen LogP contribution in [0.5, 0.6) is 0 Å². The molecule has 128 valence electrons. The summed E-state index contributed by atoms with van der Waals surface area (Å²) >= 11 is 0. The molecule has 5 heteroatoms. The molecule has 0 saturated heterocycles. The van der Waals surface area contributed by atoms with Crippen molar-refractivity contribution < 1.29 is 0 Å². The van der Waals surface area contributed by atoms with Gasteiger partial charge in [0.15, 0.2) is 5.96 Å². The minimum absolute atomic E-state index is 0.427. The molecule has 25 heavy (non-hydrogen) atoms. The van der Waals surface area contributed by atoms with Crippen molar-refractivity contribution in [2.75, 3.05) is 5.32 Å². The third-order valence-corrected chi connectivity index (χ3v) is 4.82. The summed E-state index contributed by atoms with van der Waals surface area (Å²) in [7, 11) is 0. The van der Waals surface area contributed by atoms with Crippen molar-refractivity contribution in [3.63, 3.8) is 0 Å². The Hall–Kier alpha value is -2.82. The van der Waals surface area contributed by atoms with Gasteiger partial charge in [-0.15, -0.1) is 0 Å². The normalized spacial score (nSPS) is 14.5. The quantitative estimate of drug-likeness (QED) is 0.505. The SMILES string of the molecule is Cc1cccc2[nH]c(CN=C(N)Nc3cccc4c3CCCC4)nc12. The van der Waals surface area contributed by atoms with Crippen LogP contribution in [-0.2, 0) is 19.4 Å². The molecule has 4 N–H and O–H groups in total. The van der Waals surface area contributed by atoms with E-state index in [4.69, 9.17) is 5.73 Å². The minimum atomic E-state index is 0.427. The molecule has 0 aliphatic heterocycles. The zero-order chi connectivity index (χ0) is 17.2. The number of anilines is 1. The van der Waals surface area contributed by atoms with Crippen molar-refractivity contribution in [1.29, 1.82) is 0 Å². The lowest BCUT2D eigenvalue weighted by Gasteiger charge is -2.19. The summed E-state index contributed by atoms with van der Waals surface area (Å²) < 4.78 is 0. The monoisotopic (exact) mass is 333 g/mol. The van der Waals surface area contributed by atoms with E-state index in [1.807, 2.05) is 12.1 Å². The maximum absolute atomic E-state index is 6.11. The van der Waals surface area contributed by atoms with Gasteiger partial charge in [0.05, 0.1) is 11.0 Å². The molecule has 2 aromatic carbocycles. The predicted octanol–water partition coefficient (Wildman–Crippen LogP) is 3.68. The second kappa shape index (κ2) is 6.59. The Balaban J connectivity index is 1.51. The van der Waals surface area contributed by atoms with E-state index in [1.165, 1.54) is 24.0 Å². The van der Waals surface area contributed by atoms with E-state index in [0.717, 1.165) is 41.0 Å². The lowest BCUT2D eigenvalue weighted by Crippen LogP contribution is -2.24. The molecule has 0 spiro atoms. The average Bonchev–Trinajstić information content (AvgIpc) is 3.05. The zero-order valence-electron chi connectivity index (χ0n) is 14.5. The molecule has 0 fully saturated rings. The zero-order valence-corrected chi connectivity index (χ0v) is 14.5. The van der Waals surface area contributed by atoms with Crippen molar-refractivity contribution in [1.82, 2.24) is 9.97 Å². The van der Waals surface area contributed by atoms with Crippen LogP contribution < -0.4 is 11.1 Å². The number of H-pyrrole nitrogens is 1. The number of hydrogen-bond acceptors (Lipinski definition) is 2. The Bertz CT molecular complexity index is 938. The number of aromatic nitrogens is 2. The van der Waals surface area contributed by atoms with Crippen molar-refractivity contribution in [3.05, 3.63) is 58.9 Å². The van der Waals surface area contributed by atoms with E-state index in [1.54, 1.807) is 0 Å². The first-order chi connectivity index (χ1) is 12.2. The second-order valence-corrected chi connectivity index (χ2v) is 6.63. The van der Waals surface area contributed by atoms with Crippen molar-refractivity contribution in [2.24, 2.45) is 10.7 Å². The highest BCUT2D eigenvalue weighted by Gasteiger charge is 2.13. The highest BCUT2D eigenvalue weighted by Crippen LogP contribution is 2.27. The molecule has 0 radical (unpaired) electrons. The summed E-state index contributed by atoms with van der Waals surface area (Å²) in [6.45, 7) is 2.49. The van der Waals surface area contributed by atoms with Crippen LogP contribution in [0.25, 0.3) is 11.0 Å². The topological polar surface area (TPSA) is 79.1 Å². The van der Waals surface area contributed by atoms with E-state index in [9.17, 15) is 0 Å². The molecule has 0 saturated carbocycles. The fraction of sp³-hybridized carbons (Fsp3) is 0.300. The predicted molar refractivity (Wildman–Crippen MR) is 103 cm³/mol. The van der Waals surface area contributed by atoms with E-state index in [-0.39, 0.29) is 0 Å². The number of aryl methyl sites for hydroxylation is 2. The number of aromatic amines is 1. The number of benzene rings is 2. The van der Waals surface area contributed by atoms with Crippen LogP contribution in [-0.4, -0.2) is 15.9 Å². The largest absolute Gasteiger partial charge is 0.370 e. The first-order valence-corrected chi connectivity index (χ1v) is 8.82. The molecule has 1 aromatic heterocycles. The fourth-order valence-electron chi connectivity index (χ4n) is 3.54. The number of para-hydroxylation sites is 1. The van der Waals surface area contributed by atoms with Crippen LogP contribution in [0, 0.1) is 6.92 Å². The average molecular weight is 333 g/mol. The summed E-state index contributed by atoms with van der Waals surface area (Å²) in [6.07, 6.45) is 4.77. The van der Waals surface area contributed by atoms with Crippen LogP contribution >= 0.6 is 0 Å². The number of fused-ring (bicyclic) bond motifs is 2. The highest BCUT2D eigenvalue weighted by molar-refractivity contribution is 5.93. The smallest absolute Gasteiger partial charge is 0.193 e. The standard InChI is InChI=1S/C20H23N5/c1-13-6-4-11-17-19(13)25-18(23-17)12-22-20(21)24-16-10-5-8-14-7-2-3-9-15(14)16/h4-6,8,10-11H,2-3,7,9,12H2,1H3,(H,23,25)(H3,21,22,24). The molecule has 0 bridgehead atoms.